The number of ether oxygens (including phenoxy) is 2. The van der Waals surface area contributed by atoms with Crippen molar-refractivity contribution in [1.29, 1.82) is 0 Å². The summed E-state index contributed by atoms with van der Waals surface area (Å²) in [5.41, 5.74) is 0. The third-order valence-electron chi connectivity index (χ3n) is 1.72. The van der Waals surface area contributed by atoms with Gasteiger partial charge >= 0.3 is 0 Å². The molecule has 0 aromatic rings. The number of hydrogen-bond acceptors (Lipinski definition) is 2. The van der Waals surface area contributed by atoms with Crippen molar-refractivity contribution in [2.45, 2.75) is 39.6 Å². The zero-order chi connectivity index (χ0) is 7.56. The van der Waals surface area contributed by atoms with Crippen LogP contribution in [0.1, 0.15) is 27.2 Å². The van der Waals surface area contributed by atoms with Gasteiger partial charge in [0.15, 0.2) is 6.29 Å². The summed E-state index contributed by atoms with van der Waals surface area (Å²) in [7, 11) is 0. The van der Waals surface area contributed by atoms with Gasteiger partial charge in [-0.2, -0.15) is 0 Å². The van der Waals surface area contributed by atoms with Gasteiger partial charge in [0, 0.05) is 5.92 Å². The molecule has 2 atom stereocenters. The van der Waals surface area contributed by atoms with Crippen LogP contribution in [0.5, 0.6) is 0 Å². The maximum absolute atomic E-state index is 5.53. The van der Waals surface area contributed by atoms with Crippen LogP contribution in [0, 0.1) is 5.92 Å². The zero-order valence-electron chi connectivity index (χ0n) is 6.96. The van der Waals surface area contributed by atoms with E-state index in [2.05, 4.69) is 20.8 Å². The summed E-state index contributed by atoms with van der Waals surface area (Å²) in [5, 5.41) is 0. The van der Waals surface area contributed by atoms with Gasteiger partial charge in [-0.05, 0) is 13.3 Å². The molecule has 1 aliphatic rings. The van der Waals surface area contributed by atoms with Crippen LogP contribution in [0.25, 0.3) is 0 Å². The van der Waals surface area contributed by atoms with Gasteiger partial charge in [-0.1, -0.05) is 13.8 Å². The average Bonchev–Trinajstić information content (AvgIpc) is 1.88. The van der Waals surface area contributed by atoms with Crippen molar-refractivity contribution in [3.8, 4) is 0 Å². The lowest BCUT2D eigenvalue weighted by Gasteiger charge is -2.30. The second-order valence-corrected chi connectivity index (χ2v) is 3.22. The quantitative estimate of drug-likeness (QED) is 0.558. The largest absolute Gasteiger partial charge is 0.352 e. The molecule has 0 bridgehead atoms. The topological polar surface area (TPSA) is 18.5 Å². The van der Waals surface area contributed by atoms with E-state index in [9.17, 15) is 0 Å². The zero-order valence-corrected chi connectivity index (χ0v) is 6.96. The molecule has 2 heteroatoms. The summed E-state index contributed by atoms with van der Waals surface area (Å²) in [4.78, 5) is 0. The van der Waals surface area contributed by atoms with E-state index >= 15 is 0 Å². The van der Waals surface area contributed by atoms with Crippen LogP contribution in [0.4, 0.5) is 0 Å². The molecule has 2 unspecified atom stereocenters. The first kappa shape index (κ1) is 8.02. The maximum atomic E-state index is 5.53. The molecule has 0 aromatic carbocycles. The van der Waals surface area contributed by atoms with E-state index in [0.717, 1.165) is 13.0 Å². The lowest BCUT2D eigenvalue weighted by atomic mass is 10.2. The van der Waals surface area contributed by atoms with Gasteiger partial charge in [-0.25, -0.2) is 0 Å². The predicted molar refractivity (Wildman–Crippen MR) is 39.7 cm³/mol. The first-order chi connectivity index (χ1) is 4.70. The SMILES string of the molecule is CC1CCOC(C(C)C)O1. The highest BCUT2D eigenvalue weighted by Crippen LogP contribution is 2.17. The van der Waals surface area contributed by atoms with Crippen LogP contribution in [0.3, 0.4) is 0 Å². The van der Waals surface area contributed by atoms with Gasteiger partial charge in [0.2, 0.25) is 0 Å². The molecule has 1 rings (SSSR count). The standard InChI is InChI=1S/C8H16O2/c1-6(2)8-9-5-4-7(3)10-8/h6-8H,4-5H2,1-3H3. The smallest absolute Gasteiger partial charge is 0.160 e. The van der Waals surface area contributed by atoms with Crippen molar-refractivity contribution < 1.29 is 9.47 Å². The lowest BCUT2D eigenvalue weighted by Crippen LogP contribution is -2.33. The van der Waals surface area contributed by atoms with Crippen molar-refractivity contribution in [2.24, 2.45) is 5.92 Å². The molecule has 0 saturated carbocycles. The Bertz CT molecular complexity index is 101. The van der Waals surface area contributed by atoms with Crippen molar-refractivity contribution in [3.63, 3.8) is 0 Å². The molecule has 0 radical (unpaired) electrons. The highest BCUT2D eigenvalue weighted by atomic mass is 16.7. The first-order valence-electron chi connectivity index (χ1n) is 3.97. The van der Waals surface area contributed by atoms with Crippen molar-refractivity contribution in [3.05, 3.63) is 0 Å². The normalized spacial score (nSPS) is 34.8. The van der Waals surface area contributed by atoms with Crippen molar-refractivity contribution in [1.82, 2.24) is 0 Å². The Morgan fingerprint density at radius 1 is 1.40 bits per heavy atom. The molecular formula is C8H16O2. The second kappa shape index (κ2) is 3.35. The molecule has 10 heavy (non-hydrogen) atoms. The van der Waals surface area contributed by atoms with E-state index in [1.165, 1.54) is 0 Å². The monoisotopic (exact) mass is 144 g/mol. The molecule has 0 aromatic heterocycles. The number of rotatable bonds is 1. The molecule has 0 N–H and O–H groups in total. The Hall–Kier alpha value is -0.0800. The fraction of sp³-hybridized carbons (Fsp3) is 1.00. The van der Waals surface area contributed by atoms with Crippen LogP contribution in [-0.4, -0.2) is 19.0 Å². The second-order valence-electron chi connectivity index (χ2n) is 3.22. The Labute approximate surface area is 62.5 Å². The Balaban J connectivity index is 2.32. The van der Waals surface area contributed by atoms with E-state index in [-0.39, 0.29) is 6.29 Å². The van der Waals surface area contributed by atoms with Crippen LogP contribution >= 0.6 is 0 Å². The minimum absolute atomic E-state index is 0.0312. The Morgan fingerprint density at radius 2 is 2.10 bits per heavy atom. The van der Waals surface area contributed by atoms with Crippen molar-refractivity contribution >= 4 is 0 Å². The Kier molecular flexibility index (Phi) is 2.69. The average molecular weight is 144 g/mol. The minimum Gasteiger partial charge on any atom is -0.352 e. The molecule has 2 nitrogen and oxygen atoms in total. The van der Waals surface area contributed by atoms with Crippen LogP contribution in [-0.2, 0) is 9.47 Å². The molecule has 0 spiro atoms. The predicted octanol–water partition coefficient (Wildman–Crippen LogP) is 1.79. The van der Waals surface area contributed by atoms with E-state index in [1.807, 2.05) is 0 Å². The third-order valence-corrected chi connectivity index (χ3v) is 1.72. The van der Waals surface area contributed by atoms with Crippen LogP contribution in [0.2, 0.25) is 0 Å². The molecule has 0 amide bonds. The fourth-order valence-corrected chi connectivity index (χ4v) is 1.04. The van der Waals surface area contributed by atoms with Gasteiger partial charge in [0.1, 0.15) is 0 Å². The highest BCUT2D eigenvalue weighted by Gasteiger charge is 2.21. The van der Waals surface area contributed by atoms with E-state index in [4.69, 9.17) is 9.47 Å². The molecule has 1 saturated heterocycles. The van der Waals surface area contributed by atoms with Gasteiger partial charge in [-0.3, -0.25) is 0 Å². The highest BCUT2D eigenvalue weighted by molar-refractivity contribution is 4.61. The summed E-state index contributed by atoms with van der Waals surface area (Å²) in [6.45, 7) is 7.17. The van der Waals surface area contributed by atoms with Crippen LogP contribution in [0.15, 0.2) is 0 Å². The summed E-state index contributed by atoms with van der Waals surface area (Å²) in [5.74, 6) is 0.475. The van der Waals surface area contributed by atoms with Gasteiger partial charge in [0.25, 0.3) is 0 Å². The maximum Gasteiger partial charge on any atom is 0.160 e. The van der Waals surface area contributed by atoms with Crippen molar-refractivity contribution in [2.75, 3.05) is 6.61 Å². The Morgan fingerprint density at radius 3 is 2.50 bits per heavy atom. The first-order valence-corrected chi connectivity index (χ1v) is 3.97. The molecule has 60 valence electrons. The van der Waals surface area contributed by atoms with Gasteiger partial charge < -0.3 is 9.47 Å². The fourth-order valence-electron chi connectivity index (χ4n) is 1.04. The lowest BCUT2D eigenvalue weighted by molar-refractivity contribution is -0.225. The summed E-state index contributed by atoms with van der Waals surface area (Å²) >= 11 is 0. The van der Waals surface area contributed by atoms with Gasteiger partial charge in [0.05, 0.1) is 12.7 Å². The summed E-state index contributed by atoms with van der Waals surface area (Å²) in [6, 6.07) is 0. The number of hydrogen-bond donors (Lipinski definition) is 0. The third kappa shape index (κ3) is 1.96. The molecule has 1 heterocycles. The van der Waals surface area contributed by atoms with E-state index in [1.54, 1.807) is 0 Å². The molecule has 1 fully saturated rings. The van der Waals surface area contributed by atoms with E-state index < -0.39 is 0 Å². The van der Waals surface area contributed by atoms with E-state index in [0.29, 0.717) is 12.0 Å². The molecular weight excluding hydrogens is 128 g/mol. The summed E-state index contributed by atoms with van der Waals surface area (Å²) < 4.78 is 10.9. The molecule has 1 aliphatic heterocycles. The summed E-state index contributed by atoms with van der Waals surface area (Å²) in [6.07, 6.45) is 1.44. The van der Waals surface area contributed by atoms with Gasteiger partial charge in [-0.15, -0.1) is 0 Å². The molecule has 0 aliphatic carbocycles. The van der Waals surface area contributed by atoms with Crippen LogP contribution < -0.4 is 0 Å². The minimum atomic E-state index is 0.0312.